The van der Waals surface area contributed by atoms with Crippen LogP contribution in [0.2, 0.25) is 0 Å². The van der Waals surface area contributed by atoms with Gasteiger partial charge in [0, 0.05) is 11.4 Å². The van der Waals surface area contributed by atoms with Crippen molar-refractivity contribution >= 4 is 17.2 Å². The molecule has 122 valence electrons. The summed E-state index contributed by atoms with van der Waals surface area (Å²) in [5.74, 6) is 1.62. The van der Waals surface area contributed by atoms with Crippen LogP contribution in [0.5, 0.6) is 11.5 Å². The SMILES string of the molecule is COc1ccc([C@@H]2CCCN2C(=O)Cc2cccs2)cc1OC. The minimum absolute atomic E-state index is 0.127. The maximum Gasteiger partial charge on any atom is 0.228 e. The smallest absolute Gasteiger partial charge is 0.228 e. The lowest BCUT2D eigenvalue weighted by molar-refractivity contribution is -0.131. The third-order valence-corrected chi connectivity index (χ3v) is 5.15. The van der Waals surface area contributed by atoms with E-state index in [4.69, 9.17) is 9.47 Å². The van der Waals surface area contributed by atoms with E-state index in [1.807, 2.05) is 40.6 Å². The van der Waals surface area contributed by atoms with E-state index < -0.39 is 0 Å². The number of thiophene rings is 1. The minimum Gasteiger partial charge on any atom is -0.493 e. The van der Waals surface area contributed by atoms with Gasteiger partial charge in [-0.1, -0.05) is 12.1 Å². The quantitative estimate of drug-likeness (QED) is 0.839. The van der Waals surface area contributed by atoms with Gasteiger partial charge in [-0.3, -0.25) is 4.79 Å². The summed E-state index contributed by atoms with van der Waals surface area (Å²) in [6, 6.07) is 10.1. The lowest BCUT2D eigenvalue weighted by Crippen LogP contribution is -2.31. The molecular formula is C18H21NO3S. The van der Waals surface area contributed by atoms with Gasteiger partial charge in [0.2, 0.25) is 5.91 Å². The minimum atomic E-state index is 0.127. The molecule has 1 atom stereocenters. The van der Waals surface area contributed by atoms with Gasteiger partial charge in [0.25, 0.3) is 0 Å². The third-order valence-electron chi connectivity index (χ3n) is 4.27. The highest BCUT2D eigenvalue weighted by atomic mass is 32.1. The molecule has 0 unspecified atom stereocenters. The molecule has 4 nitrogen and oxygen atoms in total. The largest absolute Gasteiger partial charge is 0.493 e. The average Bonchev–Trinajstić information content (AvgIpc) is 3.25. The molecule has 23 heavy (non-hydrogen) atoms. The number of methoxy groups -OCH3 is 2. The zero-order valence-corrected chi connectivity index (χ0v) is 14.3. The van der Waals surface area contributed by atoms with Crippen LogP contribution >= 0.6 is 11.3 Å². The number of benzene rings is 1. The number of hydrogen-bond donors (Lipinski definition) is 0. The summed E-state index contributed by atoms with van der Waals surface area (Å²) in [5.41, 5.74) is 1.11. The highest BCUT2D eigenvalue weighted by Gasteiger charge is 2.30. The van der Waals surface area contributed by atoms with Crippen LogP contribution < -0.4 is 9.47 Å². The Morgan fingerprint density at radius 3 is 2.78 bits per heavy atom. The first-order valence-corrected chi connectivity index (χ1v) is 8.64. The van der Waals surface area contributed by atoms with Crippen molar-refractivity contribution in [1.29, 1.82) is 0 Å². The van der Waals surface area contributed by atoms with Gasteiger partial charge in [-0.15, -0.1) is 11.3 Å². The van der Waals surface area contributed by atoms with Crippen molar-refractivity contribution in [2.75, 3.05) is 20.8 Å². The zero-order valence-electron chi connectivity index (χ0n) is 13.5. The predicted octanol–water partition coefficient (Wildman–Crippen LogP) is 3.67. The molecule has 0 saturated carbocycles. The van der Waals surface area contributed by atoms with Crippen LogP contribution in [0.15, 0.2) is 35.7 Å². The van der Waals surface area contributed by atoms with Crippen molar-refractivity contribution in [3.63, 3.8) is 0 Å². The van der Waals surface area contributed by atoms with E-state index in [9.17, 15) is 4.79 Å². The van der Waals surface area contributed by atoms with Gasteiger partial charge < -0.3 is 14.4 Å². The number of nitrogens with zero attached hydrogens (tertiary/aromatic N) is 1. The van der Waals surface area contributed by atoms with Crippen molar-refractivity contribution in [3.8, 4) is 11.5 Å². The van der Waals surface area contributed by atoms with Crippen LogP contribution in [0.1, 0.15) is 29.3 Å². The molecule has 1 aromatic carbocycles. The molecule has 0 spiro atoms. The average molecular weight is 331 g/mol. The summed E-state index contributed by atoms with van der Waals surface area (Å²) in [6.07, 6.45) is 2.52. The molecule has 5 heteroatoms. The van der Waals surface area contributed by atoms with Crippen molar-refractivity contribution in [2.24, 2.45) is 0 Å². The first kappa shape index (κ1) is 15.9. The first-order chi connectivity index (χ1) is 11.2. The highest BCUT2D eigenvalue weighted by molar-refractivity contribution is 7.10. The number of likely N-dealkylation sites (tertiary alicyclic amines) is 1. The Morgan fingerprint density at radius 2 is 2.09 bits per heavy atom. The summed E-state index contributed by atoms with van der Waals surface area (Å²) in [6.45, 7) is 0.823. The number of hydrogen-bond acceptors (Lipinski definition) is 4. The van der Waals surface area contributed by atoms with Gasteiger partial charge >= 0.3 is 0 Å². The predicted molar refractivity (Wildman–Crippen MR) is 91.3 cm³/mol. The fraction of sp³-hybridized carbons (Fsp3) is 0.389. The molecule has 1 amide bonds. The number of amides is 1. The maximum absolute atomic E-state index is 12.7. The normalized spacial score (nSPS) is 17.3. The van der Waals surface area contributed by atoms with E-state index in [0.717, 1.165) is 29.8 Å². The third kappa shape index (κ3) is 3.34. The molecule has 0 N–H and O–H groups in total. The van der Waals surface area contributed by atoms with Crippen LogP contribution in [-0.4, -0.2) is 31.6 Å². The molecule has 1 aliphatic rings. The molecule has 1 saturated heterocycles. The second-order valence-electron chi connectivity index (χ2n) is 5.62. The molecule has 0 radical (unpaired) electrons. The molecule has 0 aliphatic carbocycles. The molecule has 2 aromatic rings. The maximum atomic E-state index is 12.7. The van der Waals surface area contributed by atoms with Crippen molar-refractivity contribution in [1.82, 2.24) is 4.90 Å². The first-order valence-electron chi connectivity index (χ1n) is 7.76. The Hall–Kier alpha value is -2.01. The number of carbonyl (C=O) groups excluding carboxylic acids is 1. The van der Waals surface area contributed by atoms with Crippen molar-refractivity contribution in [3.05, 3.63) is 46.2 Å². The summed E-state index contributed by atoms with van der Waals surface area (Å²) in [5, 5.41) is 2.01. The van der Waals surface area contributed by atoms with Crippen LogP contribution in [0.4, 0.5) is 0 Å². The van der Waals surface area contributed by atoms with E-state index in [-0.39, 0.29) is 11.9 Å². The van der Waals surface area contributed by atoms with Crippen molar-refractivity contribution in [2.45, 2.75) is 25.3 Å². The Balaban J connectivity index is 1.79. The van der Waals surface area contributed by atoms with Gasteiger partial charge in [-0.2, -0.15) is 0 Å². The van der Waals surface area contributed by atoms with Gasteiger partial charge in [0.1, 0.15) is 0 Å². The van der Waals surface area contributed by atoms with Gasteiger partial charge in [-0.05, 0) is 42.0 Å². The molecule has 1 aliphatic heterocycles. The second kappa shape index (κ2) is 7.04. The molecule has 1 fully saturated rings. The lowest BCUT2D eigenvalue weighted by atomic mass is 10.0. The number of rotatable bonds is 5. The summed E-state index contributed by atoms with van der Waals surface area (Å²) < 4.78 is 10.7. The van der Waals surface area contributed by atoms with E-state index in [0.29, 0.717) is 17.9 Å². The summed E-state index contributed by atoms with van der Waals surface area (Å²) in [7, 11) is 3.26. The lowest BCUT2D eigenvalue weighted by Gasteiger charge is -2.25. The fourth-order valence-corrected chi connectivity index (χ4v) is 3.83. The summed E-state index contributed by atoms with van der Waals surface area (Å²) >= 11 is 1.63. The molecule has 1 aromatic heterocycles. The van der Waals surface area contributed by atoms with Crippen LogP contribution in [0.3, 0.4) is 0 Å². The van der Waals surface area contributed by atoms with Gasteiger partial charge in [-0.25, -0.2) is 0 Å². The Kier molecular flexibility index (Phi) is 4.86. The standard InChI is InChI=1S/C18H21NO3S/c1-21-16-8-7-13(11-17(16)22-2)15-6-3-9-19(15)18(20)12-14-5-4-10-23-14/h4-5,7-8,10-11,15H,3,6,9,12H2,1-2H3/t15-/m0/s1. The Morgan fingerprint density at radius 1 is 1.26 bits per heavy atom. The Bertz CT molecular complexity index is 669. The number of carbonyl (C=O) groups is 1. The van der Waals surface area contributed by atoms with E-state index in [2.05, 4.69) is 0 Å². The van der Waals surface area contributed by atoms with Crippen LogP contribution in [0, 0.1) is 0 Å². The second-order valence-corrected chi connectivity index (χ2v) is 6.65. The molecule has 0 bridgehead atoms. The van der Waals surface area contributed by atoms with Crippen LogP contribution in [0.25, 0.3) is 0 Å². The number of ether oxygens (including phenoxy) is 2. The van der Waals surface area contributed by atoms with Crippen LogP contribution in [-0.2, 0) is 11.2 Å². The van der Waals surface area contributed by atoms with E-state index >= 15 is 0 Å². The molecule has 2 heterocycles. The van der Waals surface area contributed by atoms with Gasteiger partial charge in [0.05, 0.1) is 26.7 Å². The van der Waals surface area contributed by atoms with E-state index in [1.54, 1.807) is 25.6 Å². The molecular weight excluding hydrogens is 310 g/mol. The Labute approximate surface area is 140 Å². The van der Waals surface area contributed by atoms with E-state index in [1.165, 1.54) is 0 Å². The summed E-state index contributed by atoms with van der Waals surface area (Å²) in [4.78, 5) is 15.8. The van der Waals surface area contributed by atoms with Gasteiger partial charge in [0.15, 0.2) is 11.5 Å². The van der Waals surface area contributed by atoms with Crippen molar-refractivity contribution < 1.29 is 14.3 Å². The molecule has 3 rings (SSSR count). The monoisotopic (exact) mass is 331 g/mol. The highest BCUT2D eigenvalue weighted by Crippen LogP contribution is 2.37. The topological polar surface area (TPSA) is 38.8 Å². The fourth-order valence-electron chi connectivity index (χ4n) is 3.14. The zero-order chi connectivity index (χ0) is 16.2.